The molecular weight excluding hydrogens is 449 g/mol. The summed E-state index contributed by atoms with van der Waals surface area (Å²) in [6, 6.07) is 9.76. The number of rotatable bonds is 4. The number of carboxylic acids is 1. The number of hydrogen-bond donors (Lipinski definition) is 2. The van der Waals surface area contributed by atoms with Crippen LogP contribution in [-0.2, 0) is 4.79 Å². The van der Waals surface area contributed by atoms with Crippen molar-refractivity contribution in [3.8, 4) is 0 Å². The molecule has 172 valence electrons. The number of carboxylic acid groups (broad SMARTS) is 1. The average Bonchev–Trinajstić information content (AvgIpc) is 3.55. The number of anilines is 1. The summed E-state index contributed by atoms with van der Waals surface area (Å²) >= 11 is 6.43. The lowest BCUT2D eigenvalue weighted by Gasteiger charge is -2.40. The standard InChI is InChI=1S/C24H23ClFN3O4/c1-24(23(32)33)10-11-28(12-18(24)30)21-20-16(26)6-3-7-17(20)29(27-21)22(31)19-14(13-8-9-13)4-2-5-15(19)25/h2-7,13,18,30H,8-12H2,1H3,(H,32,33). The summed E-state index contributed by atoms with van der Waals surface area (Å²) in [6.45, 7) is 1.69. The zero-order valence-corrected chi connectivity index (χ0v) is 18.7. The number of benzene rings is 2. The fourth-order valence-corrected chi connectivity index (χ4v) is 4.83. The van der Waals surface area contributed by atoms with Gasteiger partial charge in [-0.15, -0.1) is 5.10 Å². The van der Waals surface area contributed by atoms with Crippen LogP contribution in [0.5, 0.6) is 0 Å². The number of aliphatic hydroxyl groups excluding tert-OH is 1. The minimum atomic E-state index is -1.31. The lowest BCUT2D eigenvalue weighted by molar-refractivity contribution is -0.156. The van der Waals surface area contributed by atoms with E-state index in [0.29, 0.717) is 10.6 Å². The molecule has 0 bridgehead atoms. The van der Waals surface area contributed by atoms with Gasteiger partial charge in [0.15, 0.2) is 5.82 Å². The maximum Gasteiger partial charge on any atom is 0.312 e. The molecule has 33 heavy (non-hydrogen) atoms. The zero-order chi connectivity index (χ0) is 23.5. The zero-order valence-electron chi connectivity index (χ0n) is 18.0. The van der Waals surface area contributed by atoms with E-state index in [1.165, 1.54) is 19.1 Å². The summed E-state index contributed by atoms with van der Waals surface area (Å²) in [5, 5.41) is 25.0. The molecule has 0 amide bonds. The van der Waals surface area contributed by atoms with E-state index >= 15 is 0 Å². The van der Waals surface area contributed by atoms with Gasteiger partial charge >= 0.3 is 5.97 Å². The van der Waals surface area contributed by atoms with Crippen molar-refractivity contribution in [1.29, 1.82) is 0 Å². The third-order valence-electron chi connectivity index (χ3n) is 6.93. The topological polar surface area (TPSA) is 95.7 Å². The van der Waals surface area contributed by atoms with Crippen molar-refractivity contribution in [1.82, 2.24) is 9.78 Å². The Morgan fingerprint density at radius 2 is 1.94 bits per heavy atom. The highest BCUT2D eigenvalue weighted by Crippen LogP contribution is 2.44. The highest BCUT2D eigenvalue weighted by atomic mass is 35.5. The molecule has 2 N–H and O–H groups in total. The molecule has 1 aromatic heterocycles. The number of aliphatic hydroxyl groups is 1. The summed E-state index contributed by atoms with van der Waals surface area (Å²) in [4.78, 5) is 26.9. The Morgan fingerprint density at radius 1 is 1.21 bits per heavy atom. The lowest BCUT2D eigenvalue weighted by Crippen LogP contribution is -2.53. The largest absolute Gasteiger partial charge is 0.481 e. The summed E-state index contributed by atoms with van der Waals surface area (Å²) in [7, 11) is 0. The first-order valence-electron chi connectivity index (χ1n) is 10.9. The number of halogens is 2. The van der Waals surface area contributed by atoms with Crippen molar-refractivity contribution in [3.05, 3.63) is 58.4 Å². The number of piperidine rings is 1. The van der Waals surface area contributed by atoms with Crippen LogP contribution in [0.2, 0.25) is 5.02 Å². The molecule has 1 saturated carbocycles. The van der Waals surface area contributed by atoms with Gasteiger partial charge in [0.25, 0.3) is 5.91 Å². The van der Waals surface area contributed by atoms with Crippen LogP contribution in [0.1, 0.15) is 48.0 Å². The SMILES string of the molecule is CC1(C(=O)O)CCN(c2nn(C(=O)c3c(Cl)cccc3C3CC3)c3cccc(F)c23)CC1O. The molecule has 7 nitrogen and oxygen atoms in total. The summed E-state index contributed by atoms with van der Waals surface area (Å²) in [5.74, 6) is -1.62. The fraction of sp³-hybridized carbons (Fsp3) is 0.375. The van der Waals surface area contributed by atoms with Crippen LogP contribution in [-0.4, -0.2) is 51.1 Å². The number of hydrogen-bond acceptors (Lipinski definition) is 5. The summed E-state index contributed by atoms with van der Waals surface area (Å²) in [5.41, 5.74) is 0.205. The Kier molecular flexibility index (Phi) is 5.17. The van der Waals surface area contributed by atoms with E-state index in [1.54, 1.807) is 17.0 Å². The Bertz CT molecular complexity index is 1290. The Balaban J connectivity index is 1.61. The van der Waals surface area contributed by atoms with E-state index in [2.05, 4.69) is 5.10 Å². The first-order chi connectivity index (χ1) is 15.7. The number of carbonyl (C=O) groups excluding carboxylic acids is 1. The second kappa shape index (κ2) is 7.81. The molecule has 5 rings (SSSR count). The van der Waals surface area contributed by atoms with Gasteiger partial charge in [0.2, 0.25) is 0 Å². The van der Waals surface area contributed by atoms with Crippen LogP contribution < -0.4 is 4.90 Å². The van der Waals surface area contributed by atoms with Crippen molar-refractivity contribution in [2.75, 3.05) is 18.0 Å². The Hall–Kier alpha value is -2.97. The molecule has 9 heteroatoms. The van der Waals surface area contributed by atoms with Crippen LogP contribution >= 0.6 is 11.6 Å². The van der Waals surface area contributed by atoms with Crippen molar-refractivity contribution in [3.63, 3.8) is 0 Å². The number of carbonyl (C=O) groups is 2. The van der Waals surface area contributed by atoms with Gasteiger partial charge in [0.1, 0.15) is 5.82 Å². The van der Waals surface area contributed by atoms with Gasteiger partial charge in [-0.05, 0) is 55.9 Å². The van der Waals surface area contributed by atoms with Gasteiger partial charge in [0.05, 0.1) is 33.0 Å². The van der Waals surface area contributed by atoms with E-state index < -0.39 is 29.2 Å². The Labute approximate surface area is 194 Å². The number of fused-ring (bicyclic) bond motifs is 1. The van der Waals surface area contributed by atoms with E-state index in [-0.39, 0.29) is 42.1 Å². The first-order valence-corrected chi connectivity index (χ1v) is 11.3. The molecular formula is C24H23ClFN3O4. The number of nitrogens with zero attached hydrogens (tertiary/aromatic N) is 3. The number of β-amino-alcohol motifs (C(OH)–C–C–N with tert-alkyl or cyclic N) is 1. The molecule has 1 aliphatic heterocycles. The molecule has 2 aliphatic rings. The van der Waals surface area contributed by atoms with E-state index in [4.69, 9.17) is 11.6 Å². The van der Waals surface area contributed by atoms with Crippen molar-refractivity contribution < 1.29 is 24.2 Å². The van der Waals surface area contributed by atoms with Gasteiger partial charge in [0, 0.05) is 13.1 Å². The van der Waals surface area contributed by atoms with Crippen molar-refractivity contribution >= 4 is 40.2 Å². The molecule has 0 radical (unpaired) electrons. The predicted molar refractivity (Wildman–Crippen MR) is 121 cm³/mol. The molecule has 1 saturated heterocycles. The highest BCUT2D eigenvalue weighted by molar-refractivity contribution is 6.34. The van der Waals surface area contributed by atoms with E-state index in [9.17, 15) is 24.2 Å². The maximum absolute atomic E-state index is 15.0. The van der Waals surface area contributed by atoms with Crippen LogP contribution in [0.4, 0.5) is 10.2 Å². The van der Waals surface area contributed by atoms with Gasteiger partial charge in [-0.25, -0.2) is 4.39 Å². The third kappa shape index (κ3) is 3.48. The smallest absolute Gasteiger partial charge is 0.312 e. The molecule has 2 unspecified atom stereocenters. The van der Waals surface area contributed by atoms with Crippen LogP contribution in [0.3, 0.4) is 0 Å². The minimum absolute atomic E-state index is 0.0448. The highest BCUT2D eigenvalue weighted by Gasteiger charge is 2.45. The van der Waals surface area contributed by atoms with Crippen LogP contribution in [0.15, 0.2) is 36.4 Å². The van der Waals surface area contributed by atoms with Crippen molar-refractivity contribution in [2.24, 2.45) is 5.41 Å². The van der Waals surface area contributed by atoms with Gasteiger partial charge in [-0.2, -0.15) is 4.68 Å². The molecule has 3 aromatic rings. The first kappa shape index (κ1) is 21.9. The molecule has 2 atom stereocenters. The van der Waals surface area contributed by atoms with Gasteiger partial charge < -0.3 is 15.1 Å². The van der Waals surface area contributed by atoms with E-state index in [1.807, 2.05) is 12.1 Å². The molecule has 2 heterocycles. The average molecular weight is 472 g/mol. The maximum atomic E-state index is 15.0. The summed E-state index contributed by atoms with van der Waals surface area (Å²) in [6.07, 6.45) is 0.927. The van der Waals surface area contributed by atoms with E-state index in [0.717, 1.165) is 23.1 Å². The van der Waals surface area contributed by atoms with Gasteiger partial charge in [-0.1, -0.05) is 29.8 Å². The third-order valence-corrected chi connectivity index (χ3v) is 7.24. The second-order valence-electron chi connectivity index (χ2n) is 9.09. The monoisotopic (exact) mass is 471 g/mol. The number of aliphatic carboxylic acids is 1. The normalized spacial score (nSPS) is 23.2. The lowest BCUT2D eigenvalue weighted by atomic mass is 9.78. The second-order valence-corrected chi connectivity index (χ2v) is 9.49. The Morgan fingerprint density at radius 3 is 2.61 bits per heavy atom. The molecule has 2 fully saturated rings. The van der Waals surface area contributed by atoms with Gasteiger partial charge in [-0.3, -0.25) is 9.59 Å². The minimum Gasteiger partial charge on any atom is -0.481 e. The fourth-order valence-electron chi connectivity index (χ4n) is 4.57. The van der Waals surface area contributed by atoms with Crippen molar-refractivity contribution in [2.45, 2.75) is 38.2 Å². The quantitative estimate of drug-likeness (QED) is 0.596. The molecule has 2 aromatic carbocycles. The predicted octanol–water partition coefficient (Wildman–Crippen LogP) is 4.06. The number of aromatic nitrogens is 2. The molecule has 1 aliphatic carbocycles. The van der Waals surface area contributed by atoms with Crippen LogP contribution in [0, 0.1) is 11.2 Å². The van der Waals surface area contributed by atoms with Crippen LogP contribution in [0.25, 0.3) is 10.9 Å². The molecule has 0 spiro atoms. The summed E-state index contributed by atoms with van der Waals surface area (Å²) < 4.78 is 16.1.